The highest BCUT2D eigenvalue weighted by molar-refractivity contribution is 6.00. The molecule has 0 aromatic carbocycles. The van der Waals surface area contributed by atoms with E-state index in [4.69, 9.17) is 4.98 Å². The zero-order valence-electron chi connectivity index (χ0n) is 22.2. The summed E-state index contributed by atoms with van der Waals surface area (Å²) in [5.41, 5.74) is 8.72. The van der Waals surface area contributed by atoms with E-state index in [-0.39, 0.29) is 0 Å². The number of rotatable bonds is 6. The maximum atomic E-state index is 4.71. The maximum absolute atomic E-state index is 4.71. The minimum atomic E-state index is 0.542. The van der Waals surface area contributed by atoms with Crippen LogP contribution < -0.4 is 10.2 Å². The first-order valence-corrected chi connectivity index (χ1v) is 13.8. The Labute approximate surface area is 227 Å². The normalized spacial score (nSPS) is 16.9. The summed E-state index contributed by atoms with van der Waals surface area (Å²) in [4.78, 5) is 22.1. The molecule has 1 aliphatic carbocycles. The van der Waals surface area contributed by atoms with Crippen LogP contribution in [0.5, 0.6) is 0 Å². The molecule has 7 rings (SSSR count). The van der Waals surface area contributed by atoms with E-state index in [9.17, 15) is 0 Å². The average molecular weight is 520 g/mol. The fourth-order valence-electron chi connectivity index (χ4n) is 5.95. The van der Waals surface area contributed by atoms with Crippen molar-refractivity contribution in [3.8, 4) is 22.6 Å². The quantitative estimate of drug-likeness (QED) is 0.275. The molecule has 9 nitrogen and oxygen atoms in total. The van der Waals surface area contributed by atoms with Gasteiger partial charge in [-0.2, -0.15) is 5.10 Å². The number of aromatic nitrogens is 6. The van der Waals surface area contributed by atoms with Crippen LogP contribution in [0.25, 0.3) is 44.5 Å². The number of hydrogen-bond donors (Lipinski definition) is 3. The molecule has 0 bridgehead atoms. The van der Waals surface area contributed by atoms with Crippen LogP contribution in [-0.4, -0.2) is 68.3 Å². The van der Waals surface area contributed by atoms with E-state index in [1.54, 1.807) is 0 Å². The first-order valence-electron chi connectivity index (χ1n) is 13.8. The molecule has 0 atom stereocenters. The maximum Gasteiger partial charge on any atom is 0.116 e. The topological polar surface area (TPSA) is 102 Å². The van der Waals surface area contributed by atoms with Crippen molar-refractivity contribution in [3.05, 3.63) is 61.5 Å². The van der Waals surface area contributed by atoms with Crippen molar-refractivity contribution in [3.63, 3.8) is 0 Å². The second-order valence-corrected chi connectivity index (χ2v) is 10.9. The lowest BCUT2D eigenvalue weighted by Crippen LogP contribution is -2.44. The summed E-state index contributed by atoms with van der Waals surface area (Å²) in [6.07, 6.45) is 14.4. The largest absolute Gasteiger partial charge is 0.367 e. The average Bonchev–Trinajstić information content (AvgIpc) is 3.73. The summed E-state index contributed by atoms with van der Waals surface area (Å²) < 4.78 is 0. The highest BCUT2D eigenvalue weighted by atomic mass is 15.3. The SMILES string of the molecule is C=C(Nc1cncc(-c2cc3c(-c4cc5c(N6CCN(C)CC6)cncc5[nH]4)n[nH]c3cn2)c1)C1CCCC1. The number of pyridine rings is 3. The highest BCUT2D eigenvalue weighted by Crippen LogP contribution is 2.35. The van der Waals surface area contributed by atoms with Gasteiger partial charge in [-0.1, -0.05) is 19.4 Å². The number of hydrogen-bond acceptors (Lipinski definition) is 7. The third-order valence-electron chi connectivity index (χ3n) is 8.26. The van der Waals surface area contributed by atoms with Gasteiger partial charge in [0, 0.05) is 54.4 Å². The summed E-state index contributed by atoms with van der Waals surface area (Å²) in [7, 11) is 2.17. The fourth-order valence-corrected chi connectivity index (χ4v) is 5.95. The number of piperazine rings is 1. The molecule has 0 unspecified atom stereocenters. The van der Waals surface area contributed by atoms with Crippen LogP contribution >= 0.6 is 0 Å². The Bertz CT molecular complexity index is 1650. The van der Waals surface area contributed by atoms with Crippen molar-refractivity contribution < 1.29 is 0 Å². The molecule has 5 aromatic rings. The molecule has 198 valence electrons. The first-order chi connectivity index (χ1) is 19.1. The van der Waals surface area contributed by atoms with Gasteiger partial charge in [0.1, 0.15) is 5.69 Å². The van der Waals surface area contributed by atoms with E-state index in [2.05, 4.69) is 72.1 Å². The number of anilines is 2. The van der Waals surface area contributed by atoms with Crippen LogP contribution in [0.4, 0.5) is 11.4 Å². The number of nitrogens with zero attached hydrogens (tertiary/aromatic N) is 6. The summed E-state index contributed by atoms with van der Waals surface area (Å²) in [6.45, 7) is 8.38. The van der Waals surface area contributed by atoms with Gasteiger partial charge in [-0.15, -0.1) is 0 Å². The Kier molecular flexibility index (Phi) is 6.00. The molecule has 2 aliphatic rings. The number of H-pyrrole nitrogens is 2. The molecule has 6 heterocycles. The Morgan fingerprint density at radius 3 is 2.59 bits per heavy atom. The highest BCUT2D eigenvalue weighted by Gasteiger charge is 2.20. The zero-order chi connectivity index (χ0) is 26.3. The van der Waals surface area contributed by atoms with Gasteiger partial charge < -0.3 is 20.1 Å². The molecular weight excluding hydrogens is 486 g/mol. The van der Waals surface area contributed by atoms with E-state index in [1.807, 2.05) is 31.0 Å². The van der Waals surface area contributed by atoms with Crippen LogP contribution in [0.3, 0.4) is 0 Å². The zero-order valence-corrected chi connectivity index (χ0v) is 22.2. The summed E-state index contributed by atoms with van der Waals surface area (Å²) in [5.74, 6) is 0.542. The molecular formula is C30H33N9. The molecule has 0 amide bonds. The molecule has 1 aliphatic heterocycles. The predicted molar refractivity (Wildman–Crippen MR) is 157 cm³/mol. The monoisotopic (exact) mass is 519 g/mol. The first kappa shape index (κ1) is 23.8. The lowest BCUT2D eigenvalue weighted by atomic mass is 10.0. The van der Waals surface area contributed by atoms with Crippen LogP contribution in [0.2, 0.25) is 0 Å². The smallest absolute Gasteiger partial charge is 0.116 e. The van der Waals surface area contributed by atoms with Crippen LogP contribution in [0.1, 0.15) is 25.7 Å². The Morgan fingerprint density at radius 2 is 1.74 bits per heavy atom. The number of allylic oxidation sites excluding steroid dienone is 1. The Hall–Kier alpha value is -4.24. The van der Waals surface area contributed by atoms with Crippen molar-refractivity contribution >= 4 is 33.2 Å². The molecule has 5 aromatic heterocycles. The van der Waals surface area contributed by atoms with Gasteiger partial charge in [0.25, 0.3) is 0 Å². The molecule has 9 heteroatoms. The molecule has 1 saturated carbocycles. The van der Waals surface area contributed by atoms with E-state index in [0.29, 0.717) is 5.92 Å². The van der Waals surface area contributed by atoms with Gasteiger partial charge in [0.15, 0.2) is 0 Å². The molecule has 1 saturated heterocycles. The van der Waals surface area contributed by atoms with Crippen molar-refractivity contribution in [2.75, 3.05) is 43.4 Å². The third kappa shape index (κ3) is 4.52. The van der Waals surface area contributed by atoms with E-state index < -0.39 is 0 Å². The lowest BCUT2D eigenvalue weighted by molar-refractivity contribution is 0.313. The van der Waals surface area contributed by atoms with Crippen molar-refractivity contribution in [2.45, 2.75) is 25.7 Å². The minimum Gasteiger partial charge on any atom is -0.367 e. The standard InChI is InChI=1S/C30H33N9/c1-19(20-5-3-4-6-20)34-22-11-21(14-31-15-22)25-13-24-28(17-33-25)36-37-30(24)26-12-23-27(35-26)16-32-18-29(23)39-9-7-38(2)8-10-39/h11-18,20,34-35H,1,3-10H2,2H3,(H,36,37). The van der Waals surface area contributed by atoms with E-state index in [1.165, 1.54) is 36.8 Å². The third-order valence-corrected chi connectivity index (χ3v) is 8.26. The molecule has 39 heavy (non-hydrogen) atoms. The Balaban J connectivity index is 1.21. The predicted octanol–water partition coefficient (Wildman–Crippen LogP) is 5.43. The summed E-state index contributed by atoms with van der Waals surface area (Å²) >= 11 is 0. The fraction of sp³-hybridized carbons (Fsp3) is 0.333. The number of aromatic amines is 2. The van der Waals surface area contributed by atoms with E-state index >= 15 is 0 Å². The van der Waals surface area contributed by atoms with Crippen LogP contribution in [0, 0.1) is 5.92 Å². The molecule has 0 spiro atoms. The molecule has 0 radical (unpaired) electrons. The van der Waals surface area contributed by atoms with E-state index in [0.717, 1.165) is 76.6 Å². The van der Waals surface area contributed by atoms with Crippen LogP contribution in [0.15, 0.2) is 61.5 Å². The lowest BCUT2D eigenvalue weighted by Gasteiger charge is -2.34. The summed E-state index contributed by atoms with van der Waals surface area (Å²) in [5, 5.41) is 13.5. The van der Waals surface area contributed by atoms with Crippen molar-refractivity contribution in [1.29, 1.82) is 0 Å². The van der Waals surface area contributed by atoms with Gasteiger partial charge in [-0.05, 0) is 44.0 Å². The molecule has 3 N–H and O–H groups in total. The second kappa shape index (κ2) is 9.81. The van der Waals surface area contributed by atoms with Gasteiger partial charge in [-0.3, -0.25) is 20.1 Å². The van der Waals surface area contributed by atoms with Crippen molar-refractivity contribution in [1.82, 2.24) is 35.0 Å². The van der Waals surface area contributed by atoms with Gasteiger partial charge in [-0.25, -0.2) is 0 Å². The molecule has 2 fully saturated rings. The minimum absolute atomic E-state index is 0.542. The van der Waals surface area contributed by atoms with Gasteiger partial charge >= 0.3 is 0 Å². The number of nitrogens with one attached hydrogen (secondary N) is 3. The van der Waals surface area contributed by atoms with Gasteiger partial charge in [0.2, 0.25) is 0 Å². The number of fused-ring (bicyclic) bond motifs is 2. The summed E-state index contributed by atoms with van der Waals surface area (Å²) in [6, 6.07) is 6.38. The van der Waals surface area contributed by atoms with Crippen molar-refractivity contribution in [2.24, 2.45) is 5.92 Å². The number of likely N-dealkylation sites (N-methyl/N-ethyl adjacent to an activating group) is 1. The van der Waals surface area contributed by atoms with Crippen LogP contribution in [-0.2, 0) is 0 Å². The second-order valence-electron chi connectivity index (χ2n) is 10.9. The Morgan fingerprint density at radius 1 is 0.923 bits per heavy atom. The van der Waals surface area contributed by atoms with Gasteiger partial charge in [0.05, 0.1) is 58.6 Å².